The van der Waals surface area contributed by atoms with Crippen molar-refractivity contribution in [2.24, 2.45) is 0 Å². The number of anilines is 1. The van der Waals surface area contributed by atoms with Crippen LogP contribution in [-0.2, 0) is 6.42 Å². The fourth-order valence-corrected chi connectivity index (χ4v) is 1.93. The lowest BCUT2D eigenvalue weighted by atomic mass is 10.1. The van der Waals surface area contributed by atoms with Gasteiger partial charge in [-0.05, 0) is 42.4 Å². The van der Waals surface area contributed by atoms with E-state index < -0.39 is 0 Å². The molecule has 2 N–H and O–H groups in total. The fraction of sp³-hybridized carbons (Fsp3) is 0.133. The van der Waals surface area contributed by atoms with Crippen molar-refractivity contribution in [1.29, 1.82) is 0 Å². The second-order valence-electron chi connectivity index (χ2n) is 4.09. The molecule has 2 aromatic carbocycles. The van der Waals surface area contributed by atoms with Crippen molar-refractivity contribution < 1.29 is 4.39 Å². The summed E-state index contributed by atoms with van der Waals surface area (Å²) in [6.07, 6.45) is 0.600. The van der Waals surface area contributed by atoms with E-state index in [-0.39, 0.29) is 5.82 Å². The Labute approximate surface area is 117 Å². The van der Waals surface area contributed by atoms with Gasteiger partial charge in [0.05, 0.1) is 0 Å². The molecule has 0 bridgehead atoms. The van der Waals surface area contributed by atoms with Gasteiger partial charge in [-0.15, -0.1) is 0 Å². The Balaban J connectivity index is 1.77. The number of thiocarbonyl (C=S) groups is 1. The predicted octanol–water partition coefficient (Wildman–Crippen LogP) is 3.35. The molecule has 0 fully saturated rings. The molecule has 0 saturated heterocycles. The molecule has 0 radical (unpaired) electrons. The van der Waals surface area contributed by atoms with Gasteiger partial charge in [-0.2, -0.15) is 0 Å². The van der Waals surface area contributed by atoms with Crippen LogP contribution in [0.2, 0.25) is 0 Å². The minimum atomic E-state index is -0.175. The largest absolute Gasteiger partial charge is 0.362 e. The van der Waals surface area contributed by atoms with Crippen LogP contribution in [0.25, 0.3) is 0 Å². The molecular formula is C15H15FN2S. The Morgan fingerprint density at radius 1 is 1.00 bits per heavy atom. The molecule has 0 unspecified atom stereocenters. The number of para-hydroxylation sites is 1. The fourth-order valence-electron chi connectivity index (χ4n) is 1.71. The highest BCUT2D eigenvalue weighted by Crippen LogP contribution is 2.07. The lowest BCUT2D eigenvalue weighted by Crippen LogP contribution is -2.30. The molecule has 4 heteroatoms. The lowest BCUT2D eigenvalue weighted by Gasteiger charge is -2.10. The van der Waals surface area contributed by atoms with E-state index in [4.69, 9.17) is 12.2 Å². The summed E-state index contributed by atoms with van der Waals surface area (Å²) in [7, 11) is 0. The van der Waals surface area contributed by atoms with Crippen LogP contribution in [0.15, 0.2) is 54.6 Å². The normalized spacial score (nSPS) is 9.95. The molecule has 2 rings (SSSR count). The first kappa shape index (κ1) is 13.5. The number of rotatable bonds is 4. The van der Waals surface area contributed by atoms with Crippen LogP contribution in [0.1, 0.15) is 5.56 Å². The summed E-state index contributed by atoms with van der Waals surface area (Å²) in [5.41, 5.74) is 1.63. The summed E-state index contributed by atoms with van der Waals surface area (Å²) in [4.78, 5) is 0. The SMILES string of the molecule is Fc1ccccc1CCNC(=S)Nc1ccccc1. The average Bonchev–Trinajstić information content (AvgIpc) is 2.42. The minimum Gasteiger partial charge on any atom is -0.362 e. The van der Waals surface area contributed by atoms with Crippen LogP contribution < -0.4 is 10.6 Å². The first-order valence-corrected chi connectivity index (χ1v) is 6.50. The first-order chi connectivity index (χ1) is 9.25. The van der Waals surface area contributed by atoms with Crippen molar-refractivity contribution in [2.75, 3.05) is 11.9 Å². The van der Waals surface area contributed by atoms with E-state index in [0.717, 1.165) is 5.69 Å². The number of hydrogen-bond donors (Lipinski definition) is 2. The zero-order valence-corrected chi connectivity index (χ0v) is 11.2. The topological polar surface area (TPSA) is 24.1 Å². The summed E-state index contributed by atoms with van der Waals surface area (Å²) in [5.74, 6) is -0.175. The minimum absolute atomic E-state index is 0.175. The summed E-state index contributed by atoms with van der Waals surface area (Å²) in [6.45, 7) is 0.597. The van der Waals surface area contributed by atoms with Crippen LogP contribution in [0.5, 0.6) is 0 Å². The first-order valence-electron chi connectivity index (χ1n) is 6.09. The molecule has 0 amide bonds. The van der Waals surface area contributed by atoms with Crippen molar-refractivity contribution >= 4 is 23.0 Å². The molecular weight excluding hydrogens is 259 g/mol. The smallest absolute Gasteiger partial charge is 0.170 e. The van der Waals surface area contributed by atoms with Gasteiger partial charge in [0, 0.05) is 12.2 Å². The average molecular weight is 274 g/mol. The Morgan fingerprint density at radius 2 is 1.68 bits per heavy atom. The molecule has 0 aromatic heterocycles. The van der Waals surface area contributed by atoms with E-state index in [1.54, 1.807) is 12.1 Å². The van der Waals surface area contributed by atoms with E-state index in [1.165, 1.54) is 6.07 Å². The van der Waals surface area contributed by atoms with Gasteiger partial charge in [-0.1, -0.05) is 36.4 Å². The third-order valence-electron chi connectivity index (χ3n) is 2.67. The van der Waals surface area contributed by atoms with Gasteiger partial charge in [-0.25, -0.2) is 4.39 Å². The Kier molecular flexibility index (Phi) is 4.86. The van der Waals surface area contributed by atoms with Crippen LogP contribution in [-0.4, -0.2) is 11.7 Å². The third kappa shape index (κ3) is 4.34. The Morgan fingerprint density at radius 3 is 2.42 bits per heavy atom. The highest BCUT2D eigenvalue weighted by molar-refractivity contribution is 7.80. The quantitative estimate of drug-likeness (QED) is 0.836. The van der Waals surface area contributed by atoms with Crippen LogP contribution in [0, 0.1) is 5.82 Å². The number of halogens is 1. The van der Waals surface area contributed by atoms with Crippen molar-refractivity contribution in [1.82, 2.24) is 5.32 Å². The molecule has 0 aliphatic rings. The van der Waals surface area contributed by atoms with Gasteiger partial charge >= 0.3 is 0 Å². The zero-order chi connectivity index (χ0) is 13.5. The van der Waals surface area contributed by atoms with E-state index in [0.29, 0.717) is 23.6 Å². The van der Waals surface area contributed by atoms with E-state index in [1.807, 2.05) is 36.4 Å². The van der Waals surface area contributed by atoms with Gasteiger partial charge in [0.25, 0.3) is 0 Å². The van der Waals surface area contributed by atoms with Gasteiger partial charge in [0.2, 0.25) is 0 Å². The number of nitrogens with one attached hydrogen (secondary N) is 2. The number of benzene rings is 2. The Hall–Kier alpha value is -1.94. The van der Waals surface area contributed by atoms with E-state index in [9.17, 15) is 4.39 Å². The van der Waals surface area contributed by atoms with Crippen molar-refractivity contribution in [2.45, 2.75) is 6.42 Å². The molecule has 0 heterocycles. The van der Waals surface area contributed by atoms with Crippen LogP contribution in [0.3, 0.4) is 0 Å². The summed E-state index contributed by atoms with van der Waals surface area (Å²) < 4.78 is 13.4. The second kappa shape index (κ2) is 6.85. The molecule has 0 atom stereocenters. The highest BCUT2D eigenvalue weighted by Gasteiger charge is 2.01. The van der Waals surface area contributed by atoms with Gasteiger partial charge in [0.15, 0.2) is 5.11 Å². The van der Waals surface area contributed by atoms with E-state index >= 15 is 0 Å². The van der Waals surface area contributed by atoms with Crippen molar-refractivity contribution in [3.63, 3.8) is 0 Å². The molecule has 0 aliphatic carbocycles. The maximum Gasteiger partial charge on any atom is 0.170 e. The standard InChI is InChI=1S/C15H15FN2S/c16-14-9-5-4-6-12(14)10-11-17-15(19)18-13-7-2-1-3-8-13/h1-9H,10-11H2,(H2,17,18,19). The molecule has 0 spiro atoms. The third-order valence-corrected chi connectivity index (χ3v) is 2.92. The molecule has 0 aliphatic heterocycles. The van der Waals surface area contributed by atoms with Gasteiger partial charge in [0.1, 0.15) is 5.82 Å². The second-order valence-corrected chi connectivity index (χ2v) is 4.50. The van der Waals surface area contributed by atoms with Crippen LogP contribution in [0.4, 0.5) is 10.1 Å². The van der Waals surface area contributed by atoms with E-state index in [2.05, 4.69) is 10.6 Å². The summed E-state index contributed by atoms with van der Waals surface area (Å²) in [6, 6.07) is 16.5. The highest BCUT2D eigenvalue weighted by atomic mass is 32.1. The maximum absolute atomic E-state index is 13.4. The van der Waals surface area contributed by atoms with Crippen molar-refractivity contribution in [3.05, 3.63) is 66.0 Å². The monoisotopic (exact) mass is 274 g/mol. The van der Waals surface area contributed by atoms with Crippen molar-refractivity contribution in [3.8, 4) is 0 Å². The number of hydrogen-bond acceptors (Lipinski definition) is 1. The molecule has 19 heavy (non-hydrogen) atoms. The molecule has 98 valence electrons. The molecule has 2 nitrogen and oxygen atoms in total. The summed E-state index contributed by atoms with van der Waals surface area (Å²) in [5, 5.41) is 6.67. The predicted molar refractivity (Wildman–Crippen MR) is 80.8 cm³/mol. The lowest BCUT2D eigenvalue weighted by molar-refractivity contribution is 0.607. The maximum atomic E-state index is 13.4. The van der Waals surface area contributed by atoms with Crippen LogP contribution >= 0.6 is 12.2 Å². The van der Waals surface area contributed by atoms with Gasteiger partial charge in [-0.3, -0.25) is 0 Å². The summed E-state index contributed by atoms with van der Waals surface area (Å²) >= 11 is 5.17. The zero-order valence-electron chi connectivity index (χ0n) is 10.4. The molecule has 0 saturated carbocycles. The Bertz CT molecular complexity index is 543. The molecule has 2 aromatic rings. The van der Waals surface area contributed by atoms with Gasteiger partial charge < -0.3 is 10.6 Å².